The van der Waals surface area contributed by atoms with Gasteiger partial charge in [0.1, 0.15) is 0 Å². The fourth-order valence-electron chi connectivity index (χ4n) is 1.28. The van der Waals surface area contributed by atoms with Crippen molar-refractivity contribution < 1.29 is 47.2 Å². The molecule has 0 aromatic heterocycles. The molecule has 7 nitrogen and oxygen atoms in total. The molecule has 0 aliphatic carbocycles. The van der Waals surface area contributed by atoms with Crippen molar-refractivity contribution in [2.24, 2.45) is 0 Å². The predicted octanol–water partition coefficient (Wildman–Crippen LogP) is 0.306. The monoisotopic (exact) mass is 297 g/mol. The number of ether oxygens (including phenoxy) is 1. The number of carbonyl (C=O) groups is 1. The molecule has 0 spiro atoms. The summed E-state index contributed by atoms with van der Waals surface area (Å²) in [7, 11) is 0. The third-order valence-corrected chi connectivity index (χ3v) is 1.90. The maximum Gasteiger partial charge on any atom is 0.259 e. The van der Waals surface area contributed by atoms with Crippen molar-refractivity contribution in [1.29, 1.82) is 0 Å². The fraction of sp³-hybridized carbons (Fsp3) is 0.125. The maximum absolute atomic E-state index is 11.0. The number of carbonyl (C=O) groups excluding carboxylic acids is 1. The summed E-state index contributed by atoms with van der Waals surface area (Å²) >= 11 is 0. The van der Waals surface area contributed by atoms with Crippen LogP contribution in [0.3, 0.4) is 0 Å². The number of benzene rings is 1. The number of nitrogens with two attached hydrogens (primary N) is 1. The predicted molar refractivity (Wildman–Crippen MR) is 50.5 cm³/mol. The van der Waals surface area contributed by atoms with E-state index in [0.717, 1.165) is 0 Å². The molecule has 1 radical (unpaired) electrons. The summed E-state index contributed by atoms with van der Waals surface area (Å²) in [6.45, 7) is -0.165. The molecule has 8 heteroatoms. The van der Waals surface area contributed by atoms with Gasteiger partial charge in [-0.2, -0.15) is 0 Å². The first-order chi connectivity index (χ1) is 7.09. The number of nitrogen functional groups attached to an aromatic ring is 1. The average molecular weight is 297 g/mol. The van der Waals surface area contributed by atoms with Gasteiger partial charge in [0.2, 0.25) is 5.69 Å². The summed E-state index contributed by atoms with van der Waals surface area (Å²) in [5, 5.41) is 13.0. The molecular formula is C8H6N3O4Y-. The van der Waals surface area contributed by atoms with Gasteiger partial charge in [0.15, 0.2) is 6.61 Å². The molecular weight excluding hydrogens is 291 g/mol. The molecule has 2 rings (SSSR count). The molecule has 0 saturated carbocycles. The van der Waals surface area contributed by atoms with Crippen LogP contribution in [0.4, 0.5) is 17.1 Å². The third-order valence-electron chi connectivity index (χ3n) is 1.90. The molecule has 16 heavy (non-hydrogen) atoms. The molecule has 0 bridgehead atoms. The van der Waals surface area contributed by atoms with E-state index in [0.29, 0.717) is 0 Å². The van der Waals surface area contributed by atoms with Crippen LogP contribution in [0.15, 0.2) is 6.07 Å². The first-order valence-electron chi connectivity index (χ1n) is 4.01. The van der Waals surface area contributed by atoms with Crippen LogP contribution in [0.5, 0.6) is 5.75 Å². The topological polar surface area (TPSA) is 107 Å². The molecule has 0 fully saturated rings. The molecule has 1 amide bonds. The van der Waals surface area contributed by atoms with Crippen LogP contribution in [0.25, 0.3) is 0 Å². The summed E-state index contributed by atoms with van der Waals surface area (Å²) in [6, 6.07) is 3.84. The minimum atomic E-state index is -0.681. The summed E-state index contributed by atoms with van der Waals surface area (Å²) in [6.07, 6.45) is 0. The minimum absolute atomic E-state index is 0. The van der Waals surface area contributed by atoms with Gasteiger partial charge in [-0.25, -0.2) is 0 Å². The number of anilines is 2. The molecule has 81 valence electrons. The van der Waals surface area contributed by atoms with Crippen LogP contribution >= 0.6 is 0 Å². The Morgan fingerprint density at radius 2 is 2.31 bits per heavy atom. The number of nitrogens with zero attached hydrogens (tertiary/aromatic N) is 1. The Morgan fingerprint density at radius 3 is 2.94 bits per heavy atom. The van der Waals surface area contributed by atoms with Crippen molar-refractivity contribution in [3.63, 3.8) is 0 Å². The van der Waals surface area contributed by atoms with E-state index in [2.05, 4.69) is 11.4 Å². The summed E-state index contributed by atoms with van der Waals surface area (Å²) in [4.78, 5) is 21.0. The van der Waals surface area contributed by atoms with Crippen LogP contribution in [-0.2, 0) is 37.5 Å². The largest absolute Gasteiger partial charge is 0.539 e. The first-order valence-corrected chi connectivity index (χ1v) is 4.01. The molecule has 1 aromatic carbocycles. The van der Waals surface area contributed by atoms with E-state index >= 15 is 0 Å². The van der Waals surface area contributed by atoms with Gasteiger partial charge in [-0.3, -0.25) is 14.9 Å². The molecule has 1 aliphatic rings. The van der Waals surface area contributed by atoms with E-state index in [1.54, 1.807) is 0 Å². The Hall–Kier alpha value is -1.21. The van der Waals surface area contributed by atoms with Crippen molar-refractivity contribution in [2.45, 2.75) is 0 Å². The first kappa shape index (κ1) is 12.9. The van der Waals surface area contributed by atoms with Crippen molar-refractivity contribution in [2.75, 3.05) is 17.7 Å². The molecule has 0 saturated heterocycles. The normalized spacial score (nSPS) is 12.9. The number of rotatable bonds is 1. The zero-order valence-electron chi connectivity index (χ0n) is 8.02. The van der Waals surface area contributed by atoms with Crippen LogP contribution in [-0.4, -0.2) is 17.4 Å². The van der Waals surface area contributed by atoms with Crippen molar-refractivity contribution in [3.8, 4) is 5.75 Å². The summed E-state index contributed by atoms with van der Waals surface area (Å²) < 4.78 is 4.98. The number of fused-ring (bicyclic) bond motifs is 1. The Morgan fingerprint density at radius 1 is 1.62 bits per heavy atom. The second kappa shape index (κ2) is 4.75. The SMILES string of the molecule is Nc1[c-]cc2c(c1[N+](=O)[O-])NC(=O)CO2.[Y]. The van der Waals surface area contributed by atoms with Gasteiger partial charge >= 0.3 is 0 Å². The number of nitro benzene ring substituents is 1. The number of nitrogens with one attached hydrogen (secondary N) is 1. The molecule has 3 N–H and O–H groups in total. The number of hydrogen-bond donors (Lipinski definition) is 2. The van der Waals surface area contributed by atoms with Crippen LogP contribution in [0.1, 0.15) is 0 Å². The van der Waals surface area contributed by atoms with Gasteiger partial charge in [0, 0.05) is 43.4 Å². The second-order valence-electron chi connectivity index (χ2n) is 2.88. The van der Waals surface area contributed by atoms with E-state index < -0.39 is 10.8 Å². The van der Waals surface area contributed by atoms with Crippen molar-refractivity contribution in [3.05, 3.63) is 22.2 Å². The zero-order valence-corrected chi connectivity index (χ0v) is 10.9. The number of hydrogen-bond acceptors (Lipinski definition) is 5. The number of nitro groups is 1. The van der Waals surface area contributed by atoms with Gasteiger partial charge < -0.3 is 15.8 Å². The average Bonchev–Trinajstić information content (AvgIpc) is 2.16. The summed E-state index contributed by atoms with van der Waals surface area (Å²) in [5.41, 5.74) is 4.86. The third kappa shape index (κ3) is 2.15. The van der Waals surface area contributed by atoms with Crippen LogP contribution < -0.4 is 15.8 Å². The van der Waals surface area contributed by atoms with Gasteiger partial charge in [0.05, 0.1) is 5.69 Å². The Balaban J connectivity index is 0.00000128. The van der Waals surface area contributed by atoms with Gasteiger partial charge in [-0.05, 0) is 5.69 Å². The van der Waals surface area contributed by atoms with Crippen molar-refractivity contribution >= 4 is 23.0 Å². The van der Waals surface area contributed by atoms with Crippen LogP contribution in [0, 0.1) is 16.2 Å². The number of amides is 1. The molecule has 0 unspecified atom stereocenters. The van der Waals surface area contributed by atoms with Gasteiger partial charge in [0.25, 0.3) is 5.91 Å². The standard InChI is InChI=1S/C8H6N3O4.Y/c9-4-1-2-5-7(8(4)11(13)14)10-6(12)3-15-5;/h2H,3,9H2,(H,10,12);/q-1;. The Labute approximate surface area is 115 Å². The molecule has 0 atom stereocenters. The van der Waals surface area contributed by atoms with Gasteiger partial charge in [-0.1, -0.05) is 0 Å². The Bertz CT molecular complexity index is 463. The zero-order chi connectivity index (χ0) is 11.0. The Kier molecular flexibility index (Phi) is 3.82. The van der Waals surface area contributed by atoms with E-state index in [9.17, 15) is 14.9 Å². The van der Waals surface area contributed by atoms with E-state index in [1.165, 1.54) is 6.07 Å². The summed E-state index contributed by atoms with van der Waals surface area (Å²) in [5.74, 6) is -0.244. The minimum Gasteiger partial charge on any atom is -0.539 e. The quantitative estimate of drug-likeness (QED) is 0.335. The van der Waals surface area contributed by atoms with Crippen LogP contribution in [0.2, 0.25) is 0 Å². The van der Waals surface area contributed by atoms with E-state index in [1.807, 2.05) is 0 Å². The maximum atomic E-state index is 11.0. The van der Waals surface area contributed by atoms with E-state index in [4.69, 9.17) is 10.5 Å². The van der Waals surface area contributed by atoms with Crippen molar-refractivity contribution in [1.82, 2.24) is 0 Å². The smallest absolute Gasteiger partial charge is 0.259 e. The van der Waals surface area contributed by atoms with Gasteiger partial charge in [-0.15, -0.1) is 12.1 Å². The molecule has 1 aliphatic heterocycles. The fourth-order valence-corrected chi connectivity index (χ4v) is 1.28. The second-order valence-corrected chi connectivity index (χ2v) is 2.88. The van der Waals surface area contributed by atoms with E-state index in [-0.39, 0.29) is 62.1 Å². The molecule has 1 heterocycles. The molecule has 1 aromatic rings.